The van der Waals surface area contributed by atoms with Crippen LogP contribution in [0.4, 0.5) is 5.69 Å². The Balaban J connectivity index is 2.12. The predicted molar refractivity (Wildman–Crippen MR) is 93.1 cm³/mol. The van der Waals surface area contributed by atoms with E-state index in [4.69, 9.17) is 4.74 Å². The third-order valence-electron chi connectivity index (χ3n) is 4.29. The highest BCUT2D eigenvalue weighted by molar-refractivity contribution is 6.02. The normalized spacial score (nSPS) is 10.4. The summed E-state index contributed by atoms with van der Waals surface area (Å²) in [5.41, 5.74) is 4.38. The Hall–Kier alpha value is -3.02. The van der Waals surface area contributed by atoms with Crippen molar-refractivity contribution in [2.75, 3.05) is 6.61 Å². The number of hydrogen-bond donors (Lipinski definition) is 0. The van der Waals surface area contributed by atoms with Crippen molar-refractivity contribution in [3.63, 3.8) is 0 Å². The van der Waals surface area contributed by atoms with Crippen LogP contribution in [0.2, 0.25) is 0 Å². The molecule has 0 amide bonds. The molecule has 130 valence electrons. The molecule has 0 fully saturated rings. The van der Waals surface area contributed by atoms with E-state index < -0.39 is 10.9 Å². The molecule has 0 saturated heterocycles. The van der Waals surface area contributed by atoms with Gasteiger partial charge in [0.05, 0.1) is 10.5 Å². The Bertz CT molecular complexity index is 827. The number of non-ortho nitro benzene ring substituents is 1. The molecule has 0 aromatic heterocycles. The molecule has 2 rings (SSSR count). The minimum Gasteiger partial charge on any atom is -0.454 e. The number of carbonyl (C=O) groups excluding carboxylic acids is 2. The average molecular weight is 341 g/mol. The first-order valence-electron chi connectivity index (χ1n) is 7.74. The quantitative estimate of drug-likeness (QED) is 0.357. The Kier molecular flexibility index (Phi) is 5.32. The van der Waals surface area contributed by atoms with Gasteiger partial charge in [-0.15, -0.1) is 0 Å². The van der Waals surface area contributed by atoms with Crippen LogP contribution in [0.15, 0.2) is 30.3 Å². The zero-order valence-corrected chi connectivity index (χ0v) is 14.6. The lowest BCUT2D eigenvalue weighted by Gasteiger charge is -2.14. The second-order valence-corrected chi connectivity index (χ2v) is 5.94. The lowest BCUT2D eigenvalue weighted by Crippen LogP contribution is -2.17. The zero-order chi connectivity index (χ0) is 18.7. The van der Waals surface area contributed by atoms with Crippen molar-refractivity contribution < 1.29 is 19.2 Å². The van der Waals surface area contributed by atoms with Crippen molar-refractivity contribution in [1.82, 2.24) is 0 Å². The van der Waals surface area contributed by atoms with E-state index >= 15 is 0 Å². The molecule has 0 unspecified atom stereocenters. The first-order chi connectivity index (χ1) is 11.7. The van der Waals surface area contributed by atoms with Crippen molar-refractivity contribution in [3.05, 3.63) is 73.8 Å². The van der Waals surface area contributed by atoms with E-state index in [2.05, 4.69) is 0 Å². The van der Waals surface area contributed by atoms with Crippen LogP contribution in [-0.2, 0) is 4.74 Å². The molecule has 2 aromatic rings. The highest BCUT2D eigenvalue weighted by Crippen LogP contribution is 2.22. The van der Waals surface area contributed by atoms with Gasteiger partial charge in [-0.25, -0.2) is 4.79 Å². The maximum absolute atomic E-state index is 12.5. The van der Waals surface area contributed by atoms with Gasteiger partial charge in [0, 0.05) is 17.7 Å². The van der Waals surface area contributed by atoms with E-state index in [0.717, 1.165) is 22.3 Å². The standard InChI is InChI=1S/C19H19NO5/c1-11-9-12(2)14(4)18(13(11)3)17(21)10-25-19(22)15-5-7-16(8-6-15)20(23)24/h5-9H,10H2,1-4H3. The van der Waals surface area contributed by atoms with Gasteiger partial charge in [0.25, 0.3) is 5.69 Å². The number of nitro benzene ring substituents is 1. The van der Waals surface area contributed by atoms with Crippen LogP contribution in [0.3, 0.4) is 0 Å². The van der Waals surface area contributed by atoms with Crippen LogP contribution in [-0.4, -0.2) is 23.3 Å². The Morgan fingerprint density at radius 2 is 1.52 bits per heavy atom. The molecule has 6 nitrogen and oxygen atoms in total. The Morgan fingerprint density at radius 1 is 1.00 bits per heavy atom. The molecule has 0 aliphatic rings. The number of nitro groups is 1. The first kappa shape index (κ1) is 18.3. The van der Waals surface area contributed by atoms with Crippen LogP contribution in [0, 0.1) is 37.8 Å². The highest BCUT2D eigenvalue weighted by atomic mass is 16.6. The summed E-state index contributed by atoms with van der Waals surface area (Å²) in [4.78, 5) is 34.6. The monoisotopic (exact) mass is 341 g/mol. The summed E-state index contributed by atoms with van der Waals surface area (Å²) in [7, 11) is 0. The Labute approximate surface area is 145 Å². The molecule has 0 aliphatic heterocycles. The molecular weight excluding hydrogens is 322 g/mol. The molecular formula is C19H19NO5. The topological polar surface area (TPSA) is 86.5 Å². The molecule has 6 heteroatoms. The molecule has 2 aromatic carbocycles. The first-order valence-corrected chi connectivity index (χ1v) is 7.74. The minimum absolute atomic E-state index is 0.117. The second-order valence-electron chi connectivity index (χ2n) is 5.94. The van der Waals surface area contributed by atoms with Gasteiger partial charge in [-0.1, -0.05) is 6.07 Å². The number of Topliss-reactive ketones (excluding diaryl/α,β-unsaturated/α-hetero) is 1. The van der Waals surface area contributed by atoms with Gasteiger partial charge in [-0.3, -0.25) is 14.9 Å². The van der Waals surface area contributed by atoms with E-state index in [1.165, 1.54) is 24.3 Å². The van der Waals surface area contributed by atoms with Gasteiger partial charge < -0.3 is 4.74 Å². The summed E-state index contributed by atoms with van der Waals surface area (Å²) in [6.45, 7) is 7.23. The van der Waals surface area contributed by atoms with E-state index in [-0.39, 0.29) is 23.6 Å². The summed E-state index contributed by atoms with van der Waals surface area (Å²) in [5, 5.41) is 10.6. The fraction of sp³-hybridized carbons (Fsp3) is 0.263. The number of ether oxygens (including phenoxy) is 1. The second kappa shape index (κ2) is 7.25. The molecule has 25 heavy (non-hydrogen) atoms. The number of benzene rings is 2. The largest absolute Gasteiger partial charge is 0.454 e. The zero-order valence-electron chi connectivity index (χ0n) is 14.6. The third kappa shape index (κ3) is 3.91. The molecule has 0 bridgehead atoms. The van der Waals surface area contributed by atoms with Crippen LogP contribution in [0.1, 0.15) is 43.0 Å². The summed E-state index contributed by atoms with van der Waals surface area (Å²) in [6, 6.07) is 7.06. The third-order valence-corrected chi connectivity index (χ3v) is 4.29. The molecule has 0 N–H and O–H groups in total. The van der Waals surface area contributed by atoms with E-state index in [1.54, 1.807) is 0 Å². The van der Waals surface area contributed by atoms with Crippen LogP contribution >= 0.6 is 0 Å². The summed E-state index contributed by atoms with van der Waals surface area (Å²) in [6.07, 6.45) is 0. The summed E-state index contributed by atoms with van der Waals surface area (Å²) >= 11 is 0. The molecule has 0 radical (unpaired) electrons. The highest BCUT2D eigenvalue weighted by Gasteiger charge is 2.18. The summed E-state index contributed by atoms with van der Waals surface area (Å²) < 4.78 is 5.08. The average Bonchev–Trinajstić information content (AvgIpc) is 2.58. The number of esters is 1. The number of rotatable bonds is 5. The van der Waals surface area contributed by atoms with Gasteiger partial charge in [-0.05, 0) is 62.1 Å². The molecule has 0 aliphatic carbocycles. The lowest BCUT2D eigenvalue weighted by atomic mass is 9.92. The SMILES string of the molecule is Cc1cc(C)c(C)c(C(=O)COC(=O)c2ccc([N+](=O)[O-])cc2)c1C. The van der Waals surface area contributed by atoms with E-state index in [1.807, 2.05) is 33.8 Å². The van der Waals surface area contributed by atoms with Gasteiger partial charge >= 0.3 is 5.97 Å². The molecule has 0 spiro atoms. The van der Waals surface area contributed by atoms with Crippen LogP contribution < -0.4 is 0 Å². The number of ketones is 1. The van der Waals surface area contributed by atoms with Crippen molar-refractivity contribution in [3.8, 4) is 0 Å². The number of carbonyl (C=O) groups is 2. The summed E-state index contributed by atoms with van der Waals surface area (Å²) in [5.74, 6) is -0.958. The number of hydrogen-bond acceptors (Lipinski definition) is 5. The lowest BCUT2D eigenvalue weighted by molar-refractivity contribution is -0.384. The van der Waals surface area contributed by atoms with Gasteiger partial charge in [-0.2, -0.15) is 0 Å². The fourth-order valence-corrected chi connectivity index (χ4v) is 2.64. The fourth-order valence-electron chi connectivity index (χ4n) is 2.64. The number of aryl methyl sites for hydroxylation is 2. The van der Waals surface area contributed by atoms with Crippen molar-refractivity contribution in [2.45, 2.75) is 27.7 Å². The number of nitrogens with zero attached hydrogens (tertiary/aromatic N) is 1. The van der Waals surface area contributed by atoms with Crippen LogP contribution in [0.25, 0.3) is 0 Å². The van der Waals surface area contributed by atoms with E-state index in [9.17, 15) is 19.7 Å². The van der Waals surface area contributed by atoms with Gasteiger partial charge in [0.2, 0.25) is 5.78 Å². The van der Waals surface area contributed by atoms with Gasteiger partial charge in [0.1, 0.15) is 0 Å². The predicted octanol–water partition coefficient (Wildman–Crippen LogP) is 3.87. The minimum atomic E-state index is -0.692. The van der Waals surface area contributed by atoms with Crippen molar-refractivity contribution in [1.29, 1.82) is 0 Å². The van der Waals surface area contributed by atoms with Crippen LogP contribution in [0.5, 0.6) is 0 Å². The van der Waals surface area contributed by atoms with Gasteiger partial charge in [0.15, 0.2) is 6.61 Å². The van der Waals surface area contributed by atoms with E-state index in [0.29, 0.717) is 5.56 Å². The molecule has 0 saturated carbocycles. The smallest absolute Gasteiger partial charge is 0.338 e. The van der Waals surface area contributed by atoms with Crippen molar-refractivity contribution in [2.24, 2.45) is 0 Å². The maximum atomic E-state index is 12.5. The maximum Gasteiger partial charge on any atom is 0.338 e. The van der Waals surface area contributed by atoms with Crippen molar-refractivity contribution >= 4 is 17.4 Å². The molecule has 0 heterocycles. The Morgan fingerprint density at radius 3 is 2.00 bits per heavy atom. The molecule has 0 atom stereocenters.